The van der Waals surface area contributed by atoms with E-state index in [0.29, 0.717) is 5.57 Å². The van der Waals surface area contributed by atoms with Crippen LogP contribution in [-0.4, -0.2) is 41.7 Å². The number of ether oxygens (including phenoxy) is 2. The first kappa shape index (κ1) is 25.2. The molecule has 3 aromatic carbocycles. The van der Waals surface area contributed by atoms with Crippen molar-refractivity contribution in [1.82, 2.24) is 10.0 Å². The van der Waals surface area contributed by atoms with Crippen molar-refractivity contribution in [3.8, 4) is 5.75 Å². The summed E-state index contributed by atoms with van der Waals surface area (Å²) in [5.74, 6) is 0.502. The lowest BCUT2D eigenvalue weighted by molar-refractivity contribution is -0.115. The third-order valence-corrected chi connectivity index (χ3v) is 6.52. The zero-order valence-electron chi connectivity index (χ0n) is 19.2. The number of rotatable bonds is 11. The van der Waals surface area contributed by atoms with Gasteiger partial charge in [-0.2, -0.15) is 0 Å². The van der Waals surface area contributed by atoms with Crippen LogP contribution in [0.2, 0.25) is 0 Å². The van der Waals surface area contributed by atoms with E-state index in [4.69, 9.17) is 9.47 Å². The summed E-state index contributed by atoms with van der Waals surface area (Å²) in [6, 6.07) is 23.3. The second-order valence-corrected chi connectivity index (χ2v) is 9.18. The van der Waals surface area contributed by atoms with Crippen LogP contribution in [0.15, 0.2) is 83.8 Å². The van der Waals surface area contributed by atoms with Crippen molar-refractivity contribution in [1.29, 1.82) is 0 Å². The van der Waals surface area contributed by atoms with Crippen molar-refractivity contribution in [2.24, 2.45) is 0 Å². The van der Waals surface area contributed by atoms with Crippen LogP contribution in [0, 0.1) is 0 Å². The average Bonchev–Trinajstić information content (AvgIpc) is 2.87. The summed E-state index contributed by atoms with van der Waals surface area (Å²) >= 11 is 0. The Hall–Kier alpha value is -3.46. The molecule has 0 aromatic heterocycles. The zero-order chi connectivity index (χ0) is 24.4. The Bertz CT molecular complexity index is 1210. The minimum atomic E-state index is -3.61. The van der Waals surface area contributed by atoms with E-state index >= 15 is 0 Å². The third kappa shape index (κ3) is 7.02. The summed E-state index contributed by atoms with van der Waals surface area (Å²) < 4.78 is 37.1. The third-order valence-electron chi connectivity index (χ3n) is 5.04. The molecule has 0 fully saturated rings. The number of hydrogen-bond acceptors (Lipinski definition) is 5. The van der Waals surface area contributed by atoms with Crippen molar-refractivity contribution in [2.45, 2.75) is 11.4 Å². The maximum atomic E-state index is 13.1. The first-order valence-corrected chi connectivity index (χ1v) is 12.2. The lowest BCUT2D eigenvalue weighted by Gasteiger charge is -2.11. The Labute approximate surface area is 200 Å². The Kier molecular flexibility index (Phi) is 8.98. The molecule has 8 heteroatoms. The fourth-order valence-electron chi connectivity index (χ4n) is 3.19. The summed E-state index contributed by atoms with van der Waals surface area (Å²) in [6.07, 6.45) is 1.82. The van der Waals surface area contributed by atoms with Gasteiger partial charge in [-0.1, -0.05) is 54.6 Å². The van der Waals surface area contributed by atoms with Crippen molar-refractivity contribution in [3.05, 3.63) is 95.6 Å². The molecule has 0 bridgehead atoms. The Morgan fingerprint density at radius 2 is 1.59 bits per heavy atom. The van der Waals surface area contributed by atoms with Crippen LogP contribution >= 0.6 is 0 Å². The second-order valence-electron chi connectivity index (χ2n) is 7.41. The summed E-state index contributed by atoms with van der Waals surface area (Å²) in [6.45, 7) is 0.736. The first-order valence-electron chi connectivity index (χ1n) is 10.7. The van der Waals surface area contributed by atoms with E-state index in [0.717, 1.165) is 22.4 Å². The molecule has 0 radical (unpaired) electrons. The molecule has 0 spiro atoms. The molecule has 178 valence electrons. The summed E-state index contributed by atoms with van der Waals surface area (Å²) in [7, 11) is -0.494. The van der Waals surface area contributed by atoms with E-state index in [1.54, 1.807) is 19.2 Å². The topological polar surface area (TPSA) is 93.7 Å². The summed E-state index contributed by atoms with van der Waals surface area (Å²) in [5, 5.41) is 2.93. The molecule has 0 unspecified atom stereocenters. The molecule has 2 N–H and O–H groups in total. The number of methoxy groups -OCH3 is 2. The predicted octanol–water partition coefficient (Wildman–Crippen LogP) is 3.48. The number of sulfonamides is 1. The molecule has 0 saturated heterocycles. The molecule has 0 heterocycles. The molecule has 1 amide bonds. The van der Waals surface area contributed by atoms with E-state index in [-0.39, 0.29) is 30.5 Å². The van der Waals surface area contributed by atoms with Gasteiger partial charge < -0.3 is 14.8 Å². The van der Waals surface area contributed by atoms with Gasteiger partial charge in [0.05, 0.1) is 18.6 Å². The lowest BCUT2D eigenvalue weighted by atomic mass is 10.0. The van der Waals surface area contributed by atoms with Gasteiger partial charge in [-0.25, -0.2) is 13.1 Å². The predicted molar refractivity (Wildman–Crippen MR) is 133 cm³/mol. The molecule has 0 atom stereocenters. The Morgan fingerprint density at radius 1 is 0.912 bits per heavy atom. The van der Waals surface area contributed by atoms with Gasteiger partial charge >= 0.3 is 0 Å². The summed E-state index contributed by atoms with van der Waals surface area (Å²) in [5.41, 5.74) is 2.96. The van der Waals surface area contributed by atoms with Crippen LogP contribution in [0.25, 0.3) is 11.6 Å². The maximum Gasteiger partial charge on any atom is 0.252 e. The molecule has 7 nitrogen and oxygen atoms in total. The molecule has 0 aliphatic rings. The molecule has 3 aromatic rings. The van der Waals surface area contributed by atoms with Crippen molar-refractivity contribution < 1.29 is 22.7 Å². The van der Waals surface area contributed by atoms with Gasteiger partial charge in [-0.3, -0.25) is 4.79 Å². The average molecular weight is 481 g/mol. The van der Waals surface area contributed by atoms with Gasteiger partial charge in [-0.05, 0) is 47.0 Å². The highest BCUT2D eigenvalue weighted by atomic mass is 32.2. The van der Waals surface area contributed by atoms with E-state index in [9.17, 15) is 13.2 Å². The largest absolute Gasteiger partial charge is 0.497 e. The van der Waals surface area contributed by atoms with Crippen LogP contribution in [0.1, 0.15) is 16.7 Å². The van der Waals surface area contributed by atoms with Gasteiger partial charge in [0.1, 0.15) is 5.75 Å². The number of amides is 1. The van der Waals surface area contributed by atoms with Crippen molar-refractivity contribution in [3.63, 3.8) is 0 Å². The number of carbonyl (C=O) groups is 1. The zero-order valence-corrected chi connectivity index (χ0v) is 20.0. The minimum Gasteiger partial charge on any atom is -0.497 e. The SMILES string of the molecule is COCCNS(=O)(=O)c1ccc(CNC(=O)/C(=C/c2ccc(OC)cc2)c2ccccc2)cc1. The van der Waals surface area contributed by atoms with Crippen molar-refractivity contribution >= 4 is 27.6 Å². The highest BCUT2D eigenvalue weighted by Crippen LogP contribution is 2.21. The number of carbonyl (C=O) groups excluding carboxylic acids is 1. The first-order chi connectivity index (χ1) is 16.4. The van der Waals surface area contributed by atoms with Gasteiger partial charge in [0.25, 0.3) is 5.91 Å². The second kappa shape index (κ2) is 12.1. The van der Waals surface area contributed by atoms with Crippen LogP contribution in [0.3, 0.4) is 0 Å². The van der Waals surface area contributed by atoms with Gasteiger partial charge in [0, 0.05) is 25.8 Å². The molecule has 0 aliphatic carbocycles. The highest BCUT2D eigenvalue weighted by molar-refractivity contribution is 7.89. The number of hydrogen-bond donors (Lipinski definition) is 2. The van der Waals surface area contributed by atoms with E-state index in [1.807, 2.05) is 60.7 Å². The fourth-order valence-corrected chi connectivity index (χ4v) is 4.20. The Morgan fingerprint density at radius 3 is 2.21 bits per heavy atom. The van der Waals surface area contributed by atoms with Crippen molar-refractivity contribution in [2.75, 3.05) is 27.4 Å². The lowest BCUT2D eigenvalue weighted by Crippen LogP contribution is -2.27. The fraction of sp³-hybridized carbons (Fsp3) is 0.192. The molecule has 0 saturated carbocycles. The quantitative estimate of drug-likeness (QED) is 0.249. The number of nitrogens with one attached hydrogen (secondary N) is 2. The maximum absolute atomic E-state index is 13.1. The van der Waals surface area contributed by atoms with Gasteiger partial charge in [-0.15, -0.1) is 0 Å². The van der Waals surface area contributed by atoms with Crippen LogP contribution in [-0.2, 0) is 26.1 Å². The molecule has 34 heavy (non-hydrogen) atoms. The van der Waals surface area contributed by atoms with E-state index in [1.165, 1.54) is 19.2 Å². The standard InChI is InChI=1S/C26H28N2O5S/c1-32-17-16-28-34(30,31)24-14-10-21(11-15-24)19-27-26(29)25(22-6-4-3-5-7-22)18-20-8-12-23(33-2)13-9-20/h3-15,18,28H,16-17,19H2,1-2H3,(H,27,29)/b25-18+. The van der Waals surface area contributed by atoms with E-state index < -0.39 is 10.0 Å². The molecule has 3 rings (SSSR count). The smallest absolute Gasteiger partial charge is 0.252 e. The molecular formula is C26H28N2O5S. The molecule has 0 aliphatic heterocycles. The van der Waals surface area contributed by atoms with Crippen LogP contribution < -0.4 is 14.8 Å². The number of benzene rings is 3. The van der Waals surface area contributed by atoms with Crippen LogP contribution in [0.5, 0.6) is 5.75 Å². The Balaban J connectivity index is 1.72. The van der Waals surface area contributed by atoms with E-state index in [2.05, 4.69) is 10.0 Å². The molecular weight excluding hydrogens is 452 g/mol. The van der Waals surface area contributed by atoms with Gasteiger partial charge in [0.2, 0.25) is 10.0 Å². The highest BCUT2D eigenvalue weighted by Gasteiger charge is 2.14. The normalized spacial score (nSPS) is 11.8. The van der Waals surface area contributed by atoms with Gasteiger partial charge in [0.15, 0.2) is 0 Å². The summed E-state index contributed by atoms with van der Waals surface area (Å²) in [4.78, 5) is 13.3. The van der Waals surface area contributed by atoms with Crippen LogP contribution in [0.4, 0.5) is 0 Å². The minimum absolute atomic E-state index is 0.156. The monoisotopic (exact) mass is 480 g/mol.